The Balaban J connectivity index is 2.05. The SMILES string of the molecule is C=CCC(=C=CCCc1ccccc1)c1ccccc1. The van der Waals surface area contributed by atoms with Gasteiger partial charge in [-0.15, -0.1) is 12.3 Å². The van der Waals surface area contributed by atoms with E-state index in [2.05, 4.69) is 73.0 Å². The Bertz CT molecular complexity index is 584. The van der Waals surface area contributed by atoms with Crippen molar-refractivity contribution in [3.8, 4) is 0 Å². The molecular weight excluding hydrogens is 240 g/mol. The summed E-state index contributed by atoms with van der Waals surface area (Å²) in [6, 6.07) is 21.0. The quantitative estimate of drug-likeness (QED) is 0.479. The first-order valence-electron chi connectivity index (χ1n) is 7.04. The third-order valence-corrected chi connectivity index (χ3v) is 3.17. The molecule has 0 aliphatic carbocycles. The zero-order chi connectivity index (χ0) is 14.0. The molecule has 0 aliphatic heterocycles. The summed E-state index contributed by atoms with van der Waals surface area (Å²) in [5.41, 5.74) is 7.23. The Hall–Kier alpha value is -2.30. The maximum Gasteiger partial charge on any atom is 0.00462 e. The molecule has 0 aromatic heterocycles. The van der Waals surface area contributed by atoms with Gasteiger partial charge in [-0.25, -0.2) is 0 Å². The van der Waals surface area contributed by atoms with Crippen LogP contribution < -0.4 is 0 Å². The number of aryl methyl sites for hydroxylation is 1. The molecule has 0 saturated heterocycles. The fraction of sp³-hybridized carbons (Fsp3) is 0.150. The first-order chi connectivity index (χ1) is 9.90. The summed E-state index contributed by atoms with van der Waals surface area (Å²) in [6.07, 6.45) is 6.99. The van der Waals surface area contributed by atoms with Gasteiger partial charge in [-0.2, -0.15) is 0 Å². The van der Waals surface area contributed by atoms with Gasteiger partial charge in [0.05, 0.1) is 0 Å². The predicted molar refractivity (Wildman–Crippen MR) is 87.5 cm³/mol. The number of hydrogen-bond acceptors (Lipinski definition) is 0. The summed E-state index contributed by atoms with van der Waals surface area (Å²) in [5, 5.41) is 0. The predicted octanol–water partition coefficient (Wildman–Crippen LogP) is 5.43. The van der Waals surface area contributed by atoms with Gasteiger partial charge >= 0.3 is 0 Å². The van der Waals surface area contributed by atoms with Gasteiger partial charge in [-0.3, -0.25) is 0 Å². The van der Waals surface area contributed by atoms with Crippen LogP contribution in [-0.2, 0) is 6.42 Å². The van der Waals surface area contributed by atoms with Crippen LogP contribution in [0.5, 0.6) is 0 Å². The lowest BCUT2D eigenvalue weighted by Gasteiger charge is -2.01. The Labute approximate surface area is 121 Å². The summed E-state index contributed by atoms with van der Waals surface area (Å²) in [5.74, 6) is 0. The molecule has 0 radical (unpaired) electrons. The standard InChI is InChI=1S/C20H20/c1-2-11-19(20-15-7-4-8-16-20)17-10-9-14-18-12-5-3-6-13-18/h2-8,10,12-13,15-16H,1,9,11,14H2. The Morgan fingerprint density at radius 3 is 2.25 bits per heavy atom. The summed E-state index contributed by atoms with van der Waals surface area (Å²) in [6.45, 7) is 3.83. The molecule has 0 unspecified atom stereocenters. The molecule has 20 heavy (non-hydrogen) atoms. The Morgan fingerprint density at radius 2 is 1.60 bits per heavy atom. The minimum atomic E-state index is 0.853. The molecule has 0 bridgehead atoms. The van der Waals surface area contributed by atoms with Crippen molar-refractivity contribution in [2.24, 2.45) is 0 Å². The van der Waals surface area contributed by atoms with Crippen molar-refractivity contribution in [1.29, 1.82) is 0 Å². The number of allylic oxidation sites excluding steroid dienone is 2. The van der Waals surface area contributed by atoms with E-state index in [1.807, 2.05) is 12.1 Å². The molecular formula is C20H20. The second kappa shape index (κ2) is 7.99. The largest absolute Gasteiger partial charge is 0.121 e. The van der Waals surface area contributed by atoms with E-state index < -0.39 is 0 Å². The third-order valence-electron chi connectivity index (χ3n) is 3.17. The first kappa shape index (κ1) is 14.1. The first-order valence-corrected chi connectivity index (χ1v) is 7.04. The molecule has 0 saturated carbocycles. The van der Waals surface area contributed by atoms with Gasteiger partial charge in [0, 0.05) is 5.57 Å². The van der Waals surface area contributed by atoms with E-state index >= 15 is 0 Å². The lowest BCUT2D eigenvalue weighted by Crippen LogP contribution is -1.82. The zero-order valence-electron chi connectivity index (χ0n) is 11.8. The minimum Gasteiger partial charge on any atom is -0.121 e. The van der Waals surface area contributed by atoms with Crippen LogP contribution in [0.25, 0.3) is 5.57 Å². The topological polar surface area (TPSA) is 0 Å². The maximum absolute atomic E-state index is 3.83. The average molecular weight is 260 g/mol. The molecule has 0 amide bonds. The molecule has 0 fully saturated rings. The van der Waals surface area contributed by atoms with Gasteiger partial charge in [-0.05, 0) is 36.5 Å². The van der Waals surface area contributed by atoms with Gasteiger partial charge in [-0.1, -0.05) is 66.7 Å². The van der Waals surface area contributed by atoms with Gasteiger partial charge in [0.1, 0.15) is 0 Å². The van der Waals surface area contributed by atoms with Gasteiger partial charge in [0.25, 0.3) is 0 Å². The van der Waals surface area contributed by atoms with Crippen molar-refractivity contribution in [3.05, 3.63) is 96.3 Å². The van der Waals surface area contributed by atoms with E-state index in [4.69, 9.17) is 0 Å². The monoisotopic (exact) mass is 260 g/mol. The van der Waals surface area contributed by atoms with E-state index in [0.717, 1.165) is 19.3 Å². The molecule has 2 aromatic carbocycles. The summed E-state index contributed by atoms with van der Waals surface area (Å²) >= 11 is 0. The van der Waals surface area contributed by atoms with Crippen LogP contribution >= 0.6 is 0 Å². The molecule has 100 valence electrons. The molecule has 2 aromatic rings. The molecule has 0 atom stereocenters. The van der Waals surface area contributed by atoms with Crippen LogP contribution in [0.2, 0.25) is 0 Å². The van der Waals surface area contributed by atoms with E-state index in [9.17, 15) is 0 Å². The van der Waals surface area contributed by atoms with Gasteiger partial charge in [0.15, 0.2) is 0 Å². The Kier molecular flexibility index (Phi) is 5.64. The van der Waals surface area contributed by atoms with Crippen LogP contribution in [0.15, 0.2) is 85.1 Å². The Morgan fingerprint density at radius 1 is 0.950 bits per heavy atom. The zero-order valence-corrected chi connectivity index (χ0v) is 11.8. The van der Waals surface area contributed by atoms with E-state index in [0.29, 0.717) is 0 Å². The normalized spacial score (nSPS) is 9.60. The highest BCUT2D eigenvalue weighted by atomic mass is 14.0. The van der Waals surface area contributed by atoms with Crippen LogP contribution in [0.3, 0.4) is 0 Å². The summed E-state index contributed by atoms with van der Waals surface area (Å²) in [4.78, 5) is 0. The van der Waals surface area contributed by atoms with Crippen molar-refractivity contribution >= 4 is 5.57 Å². The molecule has 0 N–H and O–H groups in total. The number of hydrogen-bond donors (Lipinski definition) is 0. The highest BCUT2D eigenvalue weighted by Crippen LogP contribution is 2.17. The average Bonchev–Trinajstić information content (AvgIpc) is 2.52. The lowest BCUT2D eigenvalue weighted by molar-refractivity contribution is 1.00. The smallest absolute Gasteiger partial charge is 0.00462 e. The van der Waals surface area contributed by atoms with Crippen molar-refractivity contribution in [3.63, 3.8) is 0 Å². The molecule has 0 aliphatic rings. The van der Waals surface area contributed by atoms with Crippen molar-refractivity contribution in [2.75, 3.05) is 0 Å². The van der Waals surface area contributed by atoms with Crippen LogP contribution in [0.1, 0.15) is 24.0 Å². The summed E-state index contributed by atoms with van der Waals surface area (Å²) in [7, 11) is 0. The highest BCUT2D eigenvalue weighted by molar-refractivity contribution is 5.65. The second-order valence-corrected chi connectivity index (χ2v) is 4.71. The van der Waals surface area contributed by atoms with Crippen LogP contribution in [-0.4, -0.2) is 0 Å². The highest BCUT2D eigenvalue weighted by Gasteiger charge is 1.96. The number of benzene rings is 2. The van der Waals surface area contributed by atoms with Crippen molar-refractivity contribution in [1.82, 2.24) is 0 Å². The minimum absolute atomic E-state index is 0.853. The number of rotatable bonds is 6. The molecule has 0 nitrogen and oxygen atoms in total. The van der Waals surface area contributed by atoms with Gasteiger partial charge < -0.3 is 0 Å². The van der Waals surface area contributed by atoms with Crippen molar-refractivity contribution in [2.45, 2.75) is 19.3 Å². The van der Waals surface area contributed by atoms with E-state index in [1.165, 1.54) is 16.7 Å². The lowest BCUT2D eigenvalue weighted by atomic mass is 10.0. The maximum atomic E-state index is 3.83. The fourth-order valence-corrected chi connectivity index (χ4v) is 2.12. The van der Waals surface area contributed by atoms with Gasteiger partial charge in [0.2, 0.25) is 0 Å². The van der Waals surface area contributed by atoms with E-state index in [1.54, 1.807) is 0 Å². The van der Waals surface area contributed by atoms with Crippen LogP contribution in [0, 0.1) is 0 Å². The summed E-state index contributed by atoms with van der Waals surface area (Å²) < 4.78 is 0. The molecule has 0 spiro atoms. The third kappa shape index (κ3) is 4.42. The molecule has 0 heterocycles. The fourth-order valence-electron chi connectivity index (χ4n) is 2.12. The molecule has 2 rings (SSSR count). The van der Waals surface area contributed by atoms with E-state index in [-0.39, 0.29) is 0 Å². The molecule has 0 heteroatoms. The second-order valence-electron chi connectivity index (χ2n) is 4.71. The van der Waals surface area contributed by atoms with Crippen LogP contribution in [0.4, 0.5) is 0 Å². The van der Waals surface area contributed by atoms with Crippen molar-refractivity contribution < 1.29 is 0 Å².